The van der Waals surface area contributed by atoms with Gasteiger partial charge in [-0.15, -0.1) is 0 Å². The number of carbonyl (C=O) groups is 3. The number of likely N-dealkylation sites (N-methyl/N-ethyl adjacent to an activating group) is 1. The number of nitrogens with one attached hydrogen (secondary N) is 2. The molecule has 1 aromatic carbocycles. The summed E-state index contributed by atoms with van der Waals surface area (Å²) in [4.78, 5) is 43.0. The minimum absolute atomic E-state index is 0.0313. The van der Waals surface area contributed by atoms with Gasteiger partial charge in [-0.2, -0.15) is 0 Å². The van der Waals surface area contributed by atoms with E-state index in [2.05, 4.69) is 15.6 Å². The van der Waals surface area contributed by atoms with E-state index in [4.69, 9.17) is 5.11 Å². The molecule has 2 rings (SSSR count). The monoisotopic (exact) mass is 399 g/mol. The summed E-state index contributed by atoms with van der Waals surface area (Å²) in [6.07, 6.45) is 0.334. The van der Waals surface area contributed by atoms with Gasteiger partial charge in [0, 0.05) is 32.8 Å². The lowest BCUT2D eigenvalue weighted by Gasteiger charge is -2.23. The first-order valence-electron chi connectivity index (χ1n) is 9.01. The van der Waals surface area contributed by atoms with E-state index in [-0.39, 0.29) is 17.3 Å². The van der Waals surface area contributed by atoms with Gasteiger partial charge in [0.25, 0.3) is 5.91 Å². The first-order chi connectivity index (χ1) is 13.8. The van der Waals surface area contributed by atoms with Crippen molar-refractivity contribution in [3.8, 4) is 0 Å². The summed E-state index contributed by atoms with van der Waals surface area (Å²) in [6, 6.07) is 9.79. The SMILES string of the molecule is CC(=O)N(CCN(C)C)Cc1ccc(C(=O)Nc2ccccc2NC(=O)O)nc1. The lowest BCUT2D eigenvalue weighted by molar-refractivity contribution is -0.129. The number of carboxylic acid groups (broad SMARTS) is 1. The Hall–Kier alpha value is -3.46. The molecule has 0 aliphatic rings. The number of benzene rings is 1. The number of nitrogens with zero attached hydrogens (tertiary/aromatic N) is 3. The summed E-state index contributed by atoms with van der Waals surface area (Å²) < 4.78 is 0. The molecule has 0 aliphatic heterocycles. The molecule has 9 nitrogen and oxygen atoms in total. The smallest absolute Gasteiger partial charge is 0.409 e. The van der Waals surface area contributed by atoms with Crippen molar-refractivity contribution in [2.24, 2.45) is 0 Å². The largest absolute Gasteiger partial charge is 0.465 e. The van der Waals surface area contributed by atoms with E-state index in [0.717, 1.165) is 12.1 Å². The standard InChI is InChI=1S/C20H25N5O4/c1-14(26)25(11-10-24(2)3)13-15-8-9-18(21-12-15)19(27)22-16-6-4-5-7-17(16)23-20(28)29/h4-9,12,23H,10-11,13H2,1-3H3,(H,22,27)(H,28,29). The zero-order chi connectivity index (χ0) is 21.4. The van der Waals surface area contributed by atoms with E-state index in [1.54, 1.807) is 47.5 Å². The van der Waals surface area contributed by atoms with Gasteiger partial charge in [-0.05, 0) is 37.9 Å². The molecule has 0 fully saturated rings. The average Bonchev–Trinajstić information content (AvgIpc) is 2.66. The second-order valence-electron chi connectivity index (χ2n) is 6.73. The molecule has 9 heteroatoms. The Labute approximate surface area is 169 Å². The van der Waals surface area contributed by atoms with Crippen molar-refractivity contribution in [1.82, 2.24) is 14.8 Å². The maximum atomic E-state index is 12.5. The van der Waals surface area contributed by atoms with Gasteiger partial charge in [0.2, 0.25) is 5.91 Å². The van der Waals surface area contributed by atoms with Crippen LogP contribution in [0.5, 0.6) is 0 Å². The number of aromatic nitrogens is 1. The van der Waals surface area contributed by atoms with Gasteiger partial charge in [-0.1, -0.05) is 18.2 Å². The summed E-state index contributed by atoms with van der Waals surface area (Å²) >= 11 is 0. The molecule has 0 saturated carbocycles. The molecule has 0 unspecified atom stereocenters. The fourth-order valence-corrected chi connectivity index (χ4v) is 2.54. The van der Waals surface area contributed by atoms with Crippen LogP contribution in [-0.2, 0) is 11.3 Å². The van der Waals surface area contributed by atoms with Crippen molar-refractivity contribution in [1.29, 1.82) is 0 Å². The predicted octanol–water partition coefficient (Wildman–Crippen LogP) is 2.33. The highest BCUT2D eigenvalue weighted by atomic mass is 16.4. The van der Waals surface area contributed by atoms with Crippen LogP contribution in [0.4, 0.5) is 16.2 Å². The predicted molar refractivity (Wildman–Crippen MR) is 110 cm³/mol. The van der Waals surface area contributed by atoms with Crippen LogP contribution in [0.2, 0.25) is 0 Å². The highest BCUT2D eigenvalue weighted by molar-refractivity contribution is 6.05. The third kappa shape index (κ3) is 6.89. The second kappa shape index (κ2) is 10.2. The van der Waals surface area contributed by atoms with Crippen molar-refractivity contribution in [3.05, 3.63) is 53.9 Å². The van der Waals surface area contributed by atoms with Gasteiger partial charge in [0.05, 0.1) is 11.4 Å². The van der Waals surface area contributed by atoms with E-state index < -0.39 is 12.0 Å². The molecule has 29 heavy (non-hydrogen) atoms. The highest BCUT2D eigenvalue weighted by Crippen LogP contribution is 2.21. The van der Waals surface area contributed by atoms with Gasteiger partial charge in [0.15, 0.2) is 0 Å². The molecule has 0 saturated heterocycles. The fourth-order valence-electron chi connectivity index (χ4n) is 2.54. The number of hydrogen-bond donors (Lipinski definition) is 3. The molecule has 3 amide bonds. The number of carbonyl (C=O) groups excluding carboxylic acids is 2. The molecular weight excluding hydrogens is 374 g/mol. The normalized spacial score (nSPS) is 10.5. The zero-order valence-electron chi connectivity index (χ0n) is 16.7. The Morgan fingerprint density at radius 3 is 2.17 bits per heavy atom. The minimum atomic E-state index is -1.22. The molecule has 0 bridgehead atoms. The quantitative estimate of drug-likeness (QED) is 0.628. The number of para-hydroxylation sites is 2. The first-order valence-corrected chi connectivity index (χ1v) is 9.01. The van der Waals surface area contributed by atoms with Crippen molar-refractivity contribution in [2.45, 2.75) is 13.5 Å². The van der Waals surface area contributed by atoms with E-state index in [9.17, 15) is 14.4 Å². The summed E-state index contributed by atoms with van der Waals surface area (Å²) in [7, 11) is 3.88. The molecule has 1 aromatic heterocycles. The molecule has 0 aliphatic carbocycles. The molecule has 3 N–H and O–H groups in total. The van der Waals surface area contributed by atoms with Crippen LogP contribution in [-0.4, -0.2) is 65.0 Å². The highest BCUT2D eigenvalue weighted by Gasteiger charge is 2.13. The van der Waals surface area contributed by atoms with Crippen LogP contribution in [0.25, 0.3) is 0 Å². The van der Waals surface area contributed by atoms with E-state index >= 15 is 0 Å². The third-order valence-electron chi connectivity index (χ3n) is 4.11. The van der Waals surface area contributed by atoms with Crippen molar-refractivity contribution >= 4 is 29.3 Å². The van der Waals surface area contributed by atoms with Crippen LogP contribution in [0, 0.1) is 0 Å². The van der Waals surface area contributed by atoms with Gasteiger partial charge < -0.3 is 20.2 Å². The number of rotatable bonds is 8. The molecule has 154 valence electrons. The van der Waals surface area contributed by atoms with Gasteiger partial charge >= 0.3 is 6.09 Å². The van der Waals surface area contributed by atoms with Gasteiger partial charge in [0.1, 0.15) is 5.69 Å². The number of hydrogen-bond acceptors (Lipinski definition) is 5. The Kier molecular flexibility index (Phi) is 7.67. The van der Waals surface area contributed by atoms with Crippen LogP contribution < -0.4 is 10.6 Å². The van der Waals surface area contributed by atoms with Crippen LogP contribution in [0.1, 0.15) is 23.0 Å². The van der Waals surface area contributed by atoms with Crippen molar-refractivity contribution in [3.63, 3.8) is 0 Å². The second-order valence-corrected chi connectivity index (χ2v) is 6.73. The summed E-state index contributed by atoms with van der Waals surface area (Å²) in [5, 5.41) is 13.8. The minimum Gasteiger partial charge on any atom is -0.465 e. The summed E-state index contributed by atoms with van der Waals surface area (Å²) in [6.45, 7) is 3.27. The third-order valence-corrected chi connectivity index (χ3v) is 4.11. The average molecular weight is 399 g/mol. The van der Waals surface area contributed by atoms with Crippen LogP contribution in [0.3, 0.4) is 0 Å². The number of pyridine rings is 1. The maximum absolute atomic E-state index is 12.5. The molecule has 0 atom stereocenters. The summed E-state index contributed by atoms with van der Waals surface area (Å²) in [5.41, 5.74) is 1.59. The lowest BCUT2D eigenvalue weighted by Crippen LogP contribution is -2.34. The molecule has 0 spiro atoms. The zero-order valence-corrected chi connectivity index (χ0v) is 16.7. The molecular formula is C20H25N5O4. The van der Waals surface area contributed by atoms with Crippen molar-refractivity contribution < 1.29 is 19.5 Å². The van der Waals surface area contributed by atoms with Crippen molar-refractivity contribution in [2.75, 3.05) is 37.8 Å². The lowest BCUT2D eigenvalue weighted by atomic mass is 10.2. The molecule has 0 radical (unpaired) electrons. The van der Waals surface area contributed by atoms with E-state index in [1.165, 1.54) is 6.92 Å². The number of amides is 3. The maximum Gasteiger partial charge on any atom is 0.409 e. The topological polar surface area (TPSA) is 115 Å². The van der Waals surface area contributed by atoms with E-state index in [1.807, 2.05) is 19.0 Å². The Morgan fingerprint density at radius 2 is 1.66 bits per heavy atom. The van der Waals surface area contributed by atoms with Crippen LogP contribution >= 0.6 is 0 Å². The Bertz CT molecular complexity index is 867. The number of anilines is 2. The Morgan fingerprint density at radius 1 is 1.00 bits per heavy atom. The molecule has 2 aromatic rings. The van der Waals surface area contributed by atoms with E-state index in [0.29, 0.717) is 18.8 Å². The van der Waals surface area contributed by atoms with Crippen LogP contribution in [0.15, 0.2) is 42.6 Å². The fraction of sp³-hybridized carbons (Fsp3) is 0.300. The van der Waals surface area contributed by atoms with Gasteiger partial charge in [-0.25, -0.2) is 4.79 Å². The Balaban J connectivity index is 2.05. The van der Waals surface area contributed by atoms with Gasteiger partial charge in [-0.3, -0.25) is 19.9 Å². The molecule has 1 heterocycles. The first kappa shape index (κ1) is 21.8. The summed E-state index contributed by atoms with van der Waals surface area (Å²) in [5.74, 6) is -0.497.